The highest BCUT2D eigenvalue weighted by Gasteiger charge is 2.28. The zero-order valence-electron chi connectivity index (χ0n) is 10.9. The second-order valence-electron chi connectivity index (χ2n) is 4.63. The first-order valence-corrected chi connectivity index (χ1v) is 6.78. The predicted molar refractivity (Wildman–Crippen MR) is 72.3 cm³/mol. The first-order valence-electron chi connectivity index (χ1n) is 5.79. The molecule has 3 heteroatoms. The first-order chi connectivity index (χ1) is 7.99. The predicted octanol–water partition coefficient (Wildman–Crippen LogP) is 3.54. The molecule has 0 unspecified atom stereocenters. The Morgan fingerprint density at radius 3 is 2.35 bits per heavy atom. The molecule has 0 bridgehead atoms. The highest BCUT2D eigenvalue weighted by atomic mass is 32.2. The summed E-state index contributed by atoms with van der Waals surface area (Å²) in [5, 5.41) is 0. The van der Waals surface area contributed by atoms with Crippen molar-refractivity contribution in [3.8, 4) is 0 Å². The lowest BCUT2D eigenvalue weighted by Gasteiger charge is -2.21. The van der Waals surface area contributed by atoms with Crippen molar-refractivity contribution in [3.05, 3.63) is 29.8 Å². The number of ether oxygens (including phenoxy) is 1. The van der Waals surface area contributed by atoms with Crippen molar-refractivity contribution in [2.45, 2.75) is 32.1 Å². The Bertz CT molecular complexity index is 368. The second kappa shape index (κ2) is 6.10. The number of rotatable bonds is 5. The Morgan fingerprint density at radius 1 is 1.29 bits per heavy atom. The number of esters is 1. The average Bonchev–Trinajstić information content (AvgIpc) is 2.30. The van der Waals surface area contributed by atoms with E-state index in [1.165, 1.54) is 17.6 Å². The van der Waals surface area contributed by atoms with E-state index < -0.39 is 5.41 Å². The second-order valence-corrected chi connectivity index (χ2v) is 5.97. The van der Waals surface area contributed by atoms with E-state index in [9.17, 15) is 4.79 Å². The number of hydrogen-bond acceptors (Lipinski definition) is 3. The Morgan fingerprint density at radius 2 is 1.88 bits per heavy atom. The fourth-order valence-corrected chi connectivity index (χ4v) is 2.39. The Hall–Kier alpha value is -0.960. The molecular formula is C14H20O2S. The van der Waals surface area contributed by atoms with Crippen LogP contribution in [0.2, 0.25) is 0 Å². The van der Waals surface area contributed by atoms with Gasteiger partial charge in [-0.1, -0.05) is 19.1 Å². The van der Waals surface area contributed by atoms with Gasteiger partial charge in [0.05, 0.1) is 12.5 Å². The van der Waals surface area contributed by atoms with Gasteiger partial charge in [0.15, 0.2) is 0 Å². The Balaban J connectivity index is 2.71. The van der Waals surface area contributed by atoms with Crippen LogP contribution in [0.5, 0.6) is 0 Å². The van der Waals surface area contributed by atoms with Gasteiger partial charge in [-0.2, -0.15) is 0 Å². The molecule has 2 nitrogen and oxygen atoms in total. The third kappa shape index (κ3) is 4.08. The largest absolute Gasteiger partial charge is 0.469 e. The molecule has 17 heavy (non-hydrogen) atoms. The fourth-order valence-electron chi connectivity index (χ4n) is 1.73. The summed E-state index contributed by atoms with van der Waals surface area (Å²) in [6.07, 6.45) is 0.705. The molecule has 0 amide bonds. The fraction of sp³-hybridized carbons (Fsp3) is 0.500. The number of methoxy groups -OCH3 is 1. The molecule has 94 valence electrons. The van der Waals surface area contributed by atoms with Gasteiger partial charge in [0.2, 0.25) is 0 Å². The minimum atomic E-state index is -0.464. The van der Waals surface area contributed by atoms with Crippen molar-refractivity contribution in [2.24, 2.45) is 5.41 Å². The van der Waals surface area contributed by atoms with E-state index in [-0.39, 0.29) is 5.97 Å². The van der Waals surface area contributed by atoms with Crippen LogP contribution in [0.1, 0.15) is 26.3 Å². The molecule has 1 aromatic carbocycles. The third-order valence-electron chi connectivity index (χ3n) is 2.62. The zero-order chi connectivity index (χ0) is 12.9. The maximum absolute atomic E-state index is 11.6. The molecule has 0 aliphatic rings. The number of thioether (sulfide) groups is 1. The molecule has 0 spiro atoms. The topological polar surface area (TPSA) is 26.3 Å². The lowest BCUT2D eigenvalue weighted by Crippen LogP contribution is -2.27. The van der Waals surface area contributed by atoms with Gasteiger partial charge in [-0.25, -0.2) is 0 Å². The van der Waals surface area contributed by atoms with Gasteiger partial charge >= 0.3 is 5.97 Å². The van der Waals surface area contributed by atoms with Crippen molar-refractivity contribution in [2.75, 3.05) is 12.9 Å². The van der Waals surface area contributed by atoms with Crippen LogP contribution in [0.4, 0.5) is 0 Å². The zero-order valence-corrected chi connectivity index (χ0v) is 11.8. The van der Waals surface area contributed by atoms with Gasteiger partial charge in [0.1, 0.15) is 0 Å². The molecule has 0 atom stereocenters. The lowest BCUT2D eigenvalue weighted by molar-refractivity contribution is -0.150. The molecule has 0 heterocycles. The maximum atomic E-state index is 11.6. The Labute approximate surface area is 108 Å². The van der Waals surface area contributed by atoms with Gasteiger partial charge in [-0.05, 0) is 43.7 Å². The third-order valence-corrected chi connectivity index (χ3v) is 3.51. The minimum Gasteiger partial charge on any atom is -0.469 e. The standard InChI is InChI=1S/C14H20O2S/c1-5-17-12-8-6-11(7-9-12)10-14(2,3)13(15)16-4/h6-9H,5,10H2,1-4H3. The average molecular weight is 252 g/mol. The first kappa shape index (κ1) is 14.1. The summed E-state index contributed by atoms with van der Waals surface area (Å²) >= 11 is 1.82. The summed E-state index contributed by atoms with van der Waals surface area (Å²) in [4.78, 5) is 12.9. The summed E-state index contributed by atoms with van der Waals surface area (Å²) in [5.74, 6) is 0.914. The summed E-state index contributed by atoms with van der Waals surface area (Å²) in [6.45, 7) is 5.96. The van der Waals surface area contributed by atoms with Crippen LogP contribution < -0.4 is 0 Å². The molecule has 0 fully saturated rings. The Kier molecular flexibility index (Phi) is 5.06. The molecule has 0 saturated carbocycles. The van der Waals surface area contributed by atoms with Crippen LogP contribution in [0, 0.1) is 5.41 Å². The molecular weight excluding hydrogens is 232 g/mol. The van der Waals surface area contributed by atoms with Crippen LogP contribution in [-0.2, 0) is 16.0 Å². The summed E-state index contributed by atoms with van der Waals surface area (Å²) in [5.41, 5.74) is 0.703. The number of benzene rings is 1. The van der Waals surface area contributed by atoms with E-state index in [0.717, 1.165) is 5.75 Å². The summed E-state index contributed by atoms with van der Waals surface area (Å²) < 4.78 is 4.81. The highest BCUT2D eigenvalue weighted by Crippen LogP contribution is 2.25. The number of carbonyl (C=O) groups is 1. The number of hydrogen-bond donors (Lipinski definition) is 0. The van der Waals surface area contributed by atoms with Gasteiger partial charge in [-0.3, -0.25) is 4.79 Å². The van der Waals surface area contributed by atoms with E-state index in [1.54, 1.807) is 0 Å². The molecule has 0 radical (unpaired) electrons. The van der Waals surface area contributed by atoms with E-state index in [2.05, 4.69) is 31.2 Å². The number of carbonyl (C=O) groups excluding carboxylic acids is 1. The van der Waals surface area contributed by atoms with E-state index >= 15 is 0 Å². The van der Waals surface area contributed by atoms with Gasteiger partial charge in [0, 0.05) is 4.90 Å². The van der Waals surface area contributed by atoms with E-state index in [0.29, 0.717) is 6.42 Å². The van der Waals surface area contributed by atoms with Crippen molar-refractivity contribution in [1.29, 1.82) is 0 Å². The van der Waals surface area contributed by atoms with E-state index in [4.69, 9.17) is 4.74 Å². The highest BCUT2D eigenvalue weighted by molar-refractivity contribution is 7.99. The molecule has 0 saturated heterocycles. The molecule has 0 N–H and O–H groups in total. The molecule has 0 aromatic heterocycles. The maximum Gasteiger partial charge on any atom is 0.311 e. The van der Waals surface area contributed by atoms with Gasteiger partial charge < -0.3 is 4.74 Å². The minimum absolute atomic E-state index is 0.162. The molecule has 1 aromatic rings. The smallest absolute Gasteiger partial charge is 0.311 e. The van der Waals surface area contributed by atoms with Crippen molar-refractivity contribution in [3.63, 3.8) is 0 Å². The monoisotopic (exact) mass is 252 g/mol. The van der Waals surface area contributed by atoms with E-state index in [1.807, 2.05) is 25.6 Å². The van der Waals surface area contributed by atoms with Crippen molar-refractivity contribution >= 4 is 17.7 Å². The van der Waals surface area contributed by atoms with Crippen molar-refractivity contribution < 1.29 is 9.53 Å². The molecule has 0 aliphatic heterocycles. The van der Waals surface area contributed by atoms with Crippen LogP contribution in [0.15, 0.2) is 29.2 Å². The van der Waals surface area contributed by atoms with Crippen molar-refractivity contribution in [1.82, 2.24) is 0 Å². The molecule has 0 aliphatic carbocycles. The lowest BCUT2D eigenvalue weighted by atomic mass is 9.86. The van der Waals surface area contributed by atoms with Crippen LogP contribution in [0.25, 0.3) is 0 Å². The van der Waals surface area contributed by atoms with Crippen LogP contribution in [-0.4, -0.2) is 18.8 Å². The van der Waals surface area contributed by atoms with Gasteiger partial charge in [-0.15, -0.1) is 11.8 Å². The van der Waals surface area contributed by atoms with Gasteiger partial charge in [0.25, 0.3) is 0 Å². The normalized spacial score (nSPS) is 11.3. The van der Waals surface area contributed by atoms with Crippen LogP contribution in [0.3, 0.4) is 0 Å². The quantitative estimate of drug-likeness (QED) is 0.592. The summed E-state index contributed by atoms with van der Waals surface area (Å²) in [7, 11) is 1.44. The summed E-state index contributed by atoms with van der Waals surface area (Å²) in [6, 6.07) is 8.39. The van der Waals surface area contributed by atoms with Crippen LogP contribution >= 0.6 is 11.8 Å². The SMILES string of the molecule is CCSc1ccc(CC(C)(C)C(=O)OC)cc1. The molecule has 1 rings (SSSR count).